The van der Waals surface area contributed by atoms with E-state index >= 15 is 0 Å². The second-order valence-corrected chi connectivity index (χ2v) is 7.01. The Morgan fingerprint density at radius 3 is 2.60 bits per heavy atom. The fourth-order valence-corrected chi connectivity index (χ4v) is 2.99. The van der Waals surface area contributed by atoms with Gasteiger partial charge in [0.1, 0.15) is 0 Å². The van der Waals surface area contributed by atoms with Gasteiger partial charge in [0, 0.05) is 31.4 Å². The minimum Gasteiger partial charge on any atom is -0.381 e. The average molecular weight is 284 g/mol. The number of nitrogens with one attached hydrogen (secondary N) is 2. The molecule has 1 amide bonds. The first-order chi connectivity index (χ1) is 9.39. The monoisotopic (exact) mass is 284 g/mol. The number of hydrogen-bond acceptors (Lipinski definition) is 4. The predicted molar refractivity (Wildman–Crippen MR) is 77.7 cm³/mol. The molecular weight excluding hydrogens is 256 g/mol. The van der Waals surface area contributed by atoms with Crippen LogP contribution in [-0.4, -0.2) is 49.5 Å². The van der Waals surface area contributed by atoms with Crippen molar-refractivity contribution in [1.29, 1.82) is 0 Å². The SMILES string of the molecule is CC(C)(C)NC(=O)CNC1CCOC2(CCOCC2)C1. The highest BCUT2D eigenvalue weighted by Gasteiger charge is 2.38. The number of amides is 1. The maximum Gasteiger partial charge on any atom is 0.234 e. The van der Waals surface area contributed by atoms with Crippen molar-refractivity contribution < 1.29 is 14.3 Å². The van der Waals surface area contributed by atoms with Gasteiger partial charge in [-0.15, -0.1) is 0 Å². The highest BCUT2D eigenvalue weighted by molar-refractivity contribution is 5.78. The molecule has 2 fully saturated rings. The molecule has 0 bridgehead atoms. The van der Waals surface area contributed by atoms with Gasteiger partial charge in [0.25, 0.3) is 0 Å². The Morgan fingerprint density at radius 2 is 1.95 bits per heavy atom. The molecule has 1 atom stereocenters. The van der Waals surface area contributed by atoms with E-state index in [9.17, 15) is 4.79 Å². The van der Waals surface area contributed by atoms with Crippen molar-refractivity contribution in [3.63, 3.8) is 0 Å². The summed E-state index contributed by atoms with van der Waals surface area (Å²) in [6.07, 6.45) is 3.91. The Bertz CT molecular complexity index is 327. The molecule has 2 saturated heterocycles. The molecule has 1 unspecified atom stereocenters. The van der Waals surface area contributed by atoms with Gasteiger partial charge in [-0.25, -0.2) is 0 Å². The first kappa shape index (κ1) is 15.7. The van der Waals surface area contributed by atoms with E-state index in [1.807, 2.05) is 20.8 Å². The molecule has 116 valence electrons. The highest BCUT2D eigenvalue weighted by Crippen LogP contribution is 2.34. The minimum atomic E-state index is -0.170. The summed E-state index contributed by atoms with van der Waals surface area (Å²) >= 11 is 0. The number of ether oxygens (including phenoxy) is 2. The quantitative estimate of drug-likeness (QED) is 0.818. The van der Waals surface area contributed by atoms with E-state index in [2.05, 4.69) is 10.6 Å². The molecule has 5 heteroatoms. The predicted octanol–water partition coefficient (Wildman–Crippen LogP) is 1.22. The normalized spacial score (nSPS) is 26.4. The van der Waals surface area contributed by atoms with Gasteiger partial charge in [0.2, 0.25) is 5.91 Å². The second-order valence-electron chi connectivity index (χ2n) is 7.01. The Kier molecular flexibility index (Phi) is 5.04. The van der Waals surface area contributed by atoms with Crippen molar-refractivity contribution in [3.8, 4) is 0 Å². The number of hydrogen-bond donors (Lipinski definition) is 2. The molecule has 0 aliphatic carbocycles. The van der Waals surface area contributed by atoms with Gasteiger partial charge in [-0.05, 0) is 46.5 Å². The molecule has 5 nitrogen and oxygen atoms in total. The molecular formula is C15H28N2O3. The summed E-state index contributed by atoms with van der Waals surface area (Å²) in [6.45, 7) is 8.73. The molecule has 2 aliphatic rings. The standard InChI is InChI=1S/C15H28N2O3/c1-14(2,3)17-13(18)11-16-12-4-7-20-15(10-12)5-8-19-9-6-15/h12,16H,4-11H2,1-3H3,(H,17,18). The first-order valence-electron chi connectivity index (χ1n) is 7.65. The highest BCUT2D eigenvalue weighted by atomic mass is 16.5. The van der Waals surface area contributed by atoms with Gasteiger partial charge in [0.15, 0.2) is 0 Å². The van der Waals surface area contributed by atoms with Crippen molar-refractivity contribution in [2.45, 2.75) is 63.6 Å². The van der Waals surface area contributed by atoms with E-state index in [0.29, 0.717) is 12.6 Å². The Morgan fingerprint density at radius 1 is 1.25 bits per heavy atom. The summed E-state index contributed by atoms with van der Waals surface area (Å²) in [7, 11) is 0. The minimum absolute atomic E-state index is 0.0192. The smallest absolute Gasteiger partial charge is 0.234 e. The zero-order valence-corrected chi connectivity index (χ0v) is 13.0. The van der Waals surface area contributed by atoms with Crippen molar-refractivity contribution in [2.75, 3.05) is 26.4 Å². The van der Waals surface area contributed by atoms with Crippen molar-refractivity contribution in [1.82, 2.24) is 10.6 Å². The fourth-order valence-electron chi connectivity index (χ4n) is 2.99. The lowest BCUT2D eigenvalue weighted by Crippen LogP contribution is -2.52. The van der Waals surface area contributed by atoms with Gasteiger partial charge < -0.3 is 20.1 Å². The Labute approximate surface area is 121 Å². The van der Waals surface area contributed by atoms with Crippen LogP contribution in [0.5, 0.6) is 0 Å². The molecule has 2 N–H and O–H groups in total. The van der Waals surface area contributed by atoms with Crippen LogP contribution < -0.4 is 10.6 Å². The summed E-state index contributed by atoms with van der Waals surface area (Å²) in [5.74, 6) is 0.0602. The van der Waals surface area contributed by atoms with Crippen LogP contribution in [-0.2, 0) is 14.3 Å². The summed E-state index contributed by atoms with van der Waals surface area (Å²) in [5, 5.41) is 6.36. The lowest BCUT2D eigenvalue weighted by atomic mass is 9.84. The first-order valence-corrected chi connectivity index (χ1v) is 7.65. The second kappa shape index (κ2) is 6.41. The van der Waals surface area contributed by atoms with Gasteiger partial charge in [0.05, 0.1) is 12.1 Å². The van der Waals surface area contributed by atoms with Crippen molar-refractivity contribution in [3.05, 3.63) is 0 Å². The molecule has 2 rings (SSSR count). The van der Waals surface area contributed by atoms with E-state index in [4.69, 9.17) is 9.47 Å². The lowest BCUT2D eigenvalue weighted by Gasteiger charge is -2.43. The molecule has 0 aromatic heterocycles. The van der Waals surface area contributed by atoms with E-state index in [1.54, 1.807) is 0 Å². The largest absolute Gasteiger partial charge is 0.381 e. The number of carbonyl (C=O) groups is 1. The molecule has 2 aliphatic heterocycles. The van der Waals surface area contributed by atoms with Crippen molar-refractivity contribution in [2.24, 2.45) is 0 Å². The maximum atomic E-state index is 11.8. The summed E-state index contributed by atoms with van der Waals surface area (Å²) < 4.78 is 11.4. The van der Waals surface area contributed by atoms with Crippen LogP contribution in [0.25, 0.3) is 0 Å². The van der Waals surface area contributed by atoms with Crippen LogP contribution in [0.15, 0.2) is 0 Å². The topological polar surface area (TPSA) is 59.6 Å². The van der Waals surface area contributed by atoms with E-state index in [-0.39, 0.29) is 17.0 Å². The Balaban J connectivity index is 1.77. The third-order valence-electron chi connectivity index (χ3n) is 3.96. The zero-order chi connectivity index (χ0) is 14.6. The molecule has 0 aromatic rings. The van der Waals surface area contributed by atoms with Gasteiger partial charge >= 0.3 is 0 Å². The molecule has 0 radical (unpaired) electrons. The third-order valence-corrected chi connectivity index (χ3v) is 3.96. The van der Waals surface area contributed by atoms with Crippen LogP contribution in [0.4, 0.5) is 0 Å². The molecule has 2 heterocycles. The number of carbonyl (C=O) groups excluding carboxylic acids is 1. The van der Waals surface area contributed by atoms with Crippen molar-refractivity contribution >= 4 is 5.91 Å². The zero-order valence-electron chi connectivity index (χ0n) is 13.0. The average Bonchev–Trinajstić information content (AvgIpc) is 2.35. The third kappa shape index (κ3) is 4.72. The Hall–Kier alpha value is -0.650. The maximum absolute atomic E-state index is 11.8. The van der Waals surface area contributed by atoms with E-state index in [0.717, 1.165) is 45.5 Å². The molecule has 1 spiro atoms. The molecule has 0 saturated carbocycles. The van der Waals surface area contributed by atoms with Gasteiger partial charge in [-0.1, -0.05) is 0 Å². The van der Waals surface area contributed by atoms with E-state index in [1.165, 1.54) is 0 Å². The van der Waals surface area contributed by atoms with Crippen LogP contribution in [0.2, 0.25) is 0 Å². The van der Waals surface area contributed by atoms with Gasteiger partial charge in [-0.2, -0.15) is 0 Å². The van der Waals surface area contributed by atoms with Gasteiger partial charge in [-0.3, -0.25) is 4.79 Å². The summed E-state index contributed by atoms with van der Waals surface area (Å²) in [5.41, 5.74) is -0.189. The fraction of sp³-hybridized carbons (Fsp3) is 0.933. The molecule has 0 aromatic carbocycles. The number of rotatable bonds is 3. The lowest BCUT2D eigenvalue weighted by molar-refractivity contribution is -0.141. The molecule has 20 heavy (non-hydrogen) atoms. The summed E-state index contributed by atoms with van der Waals surface area (Å²) in [6, 6.07) is 0.368. The van der Waals surface area contributed by atoms with Crippen LogP contribution in [0.3, 0.4) is 0 Å². The van der Waals surface area contributed by atoms with Crippen LogP contribution in [0, 0.1) is 0 Å². The van der Waals surface area contributed by atoms with E-state index < -0.39 is 0 Å². The van der Waals surface area contributed by atoms with Crippen LogP contribution in [0.1, 0.15) is 46.5 Å². The summed E-state index contributed by atoms with van der Waals surface area (Å²) in [4.78, 5) is 11.8. The van der Waals surface area contributed by atoms with Crippen LogP contribution >= 0.6 is 0 Å².